The van der Waals surface area contributed by atoms with E-state index in [9.17, 15) is 4.79 Å². The van der Waals surface area contributed by atoms with Gasteiger partial charge in [-0.3, -0.25) is 4.79 Å². The minimum Gasteiger partial charge on any atom is -0.451 e. The Bertz CT molecular complexity index is 541. The number of amides is 1. The topological polar surface area (TPSA) is 56.2 Å². The summed E-state index contributed by atoms with van der Waals surface area (Å²) in [5, 5.41) is 0. The highest BCUT2D eigenvalue weighted by molar-refractivity contribution is 5.90. The summed E-state index contributed by atoms with van der Waals surface area (Å²) < 4.78 is 5.35. The number of carbonyl (C=O) groups excluding carboxylic acids is 1. The molecule has 0 bridgehead atoms. The summed E-state index contributed by atoms with van der Waals surface area (Å²) in [4.78, 5) is 10.9. The number of furan rings is 1. The molecule has 0 aliphatic rings. The van der Waals surface area contributed by atoms with E-state index >= 15 is 0 Å². The largest absolute Gasteiger partial charge is 0.451 e. The zero-order valence-corrected chi connectivity index (χ0v) is 9.28. The summed E-state index contributed by atoms with van der Waals surface area (Å²) >= 11 is 0. The second-order valence-corrected chi connectivity index (χ2v) is 3.83. The number of carbonyl (C=O) groups is 1. The van der Waals surface area contributed by atoms with Crippen molar-refractivity contribution in [2.45, 2.75) is 13.8 Å². The van der Waals surface area contributed by atoms with Gasteiger partial charge in [-0.2, -0.15) is 0 Å². The normalized spacial score (nSPS) is 10.4. The third kappa shape index (κ3) is 1.84. The number of nitrogens with two attached hydrogens (primary N) is 1. The molecule has 3 heteroatoms. The van der Waals surface area contributed by atoms with E-state index in [1.165, 1.54) is 11.1 Å². The lowest BCUT2D eigenvalue weighted by atomic mass is 10.1. The van der Waals surface area contributed by atoms with E-state index < -0.39 is 5.91 Å². The molecule has 1 amide bonds. The highest BCUT2D eigenvalue weighted by Crippen LogP contribution is 2.24. The van der Waals surface area contributed by atoms with Gasteiger partial charge >= 0.3 is 0 Å². The van der Waals surface area contributed by atoms with E-state index in [1.807, 2.05) is 25.1 Å². The van der Waals surface area contributed by atoms with Crippen LogP contribution in [0.2, 0.25) is 0 Å². The van der Waals surface area contributed by atoms with Crippen molar-refractivity contribution in [3.05, 3.63) is 47.2 Å². The van der Waals surface area contributed by atoms with Crippen molar-refractivity contribution in [3.63, 3.8) is 0 Å². The van der Waals surface area contributed by atoms with Crippen LogP contribution in [0.5, 0.6) is 0 Å². The molecule has 0 saturated heterocycles. The molecule has 0 unspecified atom stereocenters. The van der Waals surface area contributed by atoms with Crippen molar-refractivity contribution >= 4 is 5.91 Å². The molecule has 0 radical (unpaired) electrons. The Balaban J connectivity index is 2.42. The van der Waals surface area contributed by atoms with Gasteiger partial charge in [-0.05, 0) is 43.2 Å². The van der Waals surface area contributed by atoms with Crippen LogP contribution in [0.1, 0.15) is 21.7 Å². The molecule has 82 valence electrons. The predicted octanol–water partition coefficient (Wildman–Crippen LogP) is 2.66. The van der Waals surface area contributed by atoms with Gasteiger partial charge in [0.15, 0.2) is 5.76 Å². The lowest BCUT2D eigenvalue weighted by Crippen LogP contribution is -2.09. The number of hydrogen-bond acceptors (Lipinski definition) is 2. The molecule has 3 nitrogen and oxygen atoms in total. The molecule has 16 heavy (non-hydrogen) atoms. The van der Waals surface area contributed by atoms with Crippen LogP contribution in [-0.2, 0) is 0 Å². The number of hydrogen-bond donors (Lipinski definition) is 1. The molecular formula is C13H13NO2. The quantitative estimate of drug-likeness (QED) is 0.837. The summed E-state index contributed by atoms with van der Waals surface area (Å²) in [5.74, 6) is 0.306. The fourth-order valence-corrected chi connectivity index (χ4v) is 1.52. The molecule has 1 heterocycles. The molecular weight excluding hydrogens is 202 g/mol. The Morgan fingerprint density at radius 2 is 1.88 bits per heavy atom. The number of primary amides is 1. The molecule has 0 aliphatic heterocycles. The predicted molar refractivity (Wildman–Crippen MR) is 62.1 cm³/mol. The van der Waals surface area contributed by atoms with Gasteiger partial charge in [-0.25, -0.2) is 0 Å². The zero-order valence-electron chi connectivity index (χ0n) is 9.28. The molecule has 2 N–H and O–H groups in total. The van der Waals surface area contributed by atoms with Crippen LogP contribution in [0.4, 0.5) is 0 Å². The van der Waals surface area contributed by atoms with E-state index in [2.05, 4.69) is 6.92 Å². The summed E-state index contributed by atoms with van der Waals surface area (Å²) in [6.45, 7) is 4.09. The van der Waals surface area contributed by atoms with Crippen LogP contribution >= 0.6 is 0 Å². The van der Waals surface area contributed by atoms with E-state index in [1.54, 1.807) is 12.1 Å². The molecule has 0 aliphatic carbocycles. The van der Waals surface area contributed by atoms with Crippen molar-refractivity contribution in [2.24, 2.45) is 5.73 Å². The first kappa shape index (κ1) is 10.5. The van der Waals surface area contributed by atoms with E-state index in [4.69, 9.17) is 10.2 Å². The summed E-state index contributed by atoms with van der Waals surface area (Å²) in [6, 6.07) is 9.36. The highest BCUT2D eigenvalue weighted by Gasteiger charge is 2.08. The average Bonchev–Trinajstić information content (AvgIpc) is 2.71. The second-order valence-electron chi connectivity index (χ2n) is 3.83. The minimum atomic E-state index is -0.546. The molecule has 0 atom stereocenters. The first-order valence-electron chi connectivity index (χ1n) is 5.05. The average molecular weight is 215 g/mol. The van der Waals surface area contributed by atoms with E-state index in [0.29, 0.717) is 5.76 Å². The summed E-state index contributed by atoms with van der Waals surface area (Å²) in [6.07, 6.45) is 0. The smallest absolute Gasteiger partial charge is 0.284 e. The van der Waals surface area contributed by atoms with Crippen LogP contribution < -0.4 is 5.73 Å². The van der Waals surface area contributed by atoms with Crippen molar-refractivity contribution in [3.8, 4) is 11.3 Å². The van der Waals surface area contributed by atoms with Crippen molar-refractivity contribution < 1.29 is 9.21 Å². The maximum Gasteiger partial charge on any atom is 0.284 e. The first-order chi connectivity index (χ1) is 7.58. The minimum absolute atomic E-state index is 0.188. The third-order valence-electron chi connectivity index (χ3n) is 2.64. The van der Waals surface area contributed by atoms with Crippen LogP contribution in [0, 0.1) is 13.8 Å². The van der Waals surface area contributed by atoms with Gasteiger partial charge in [0.25, 0.3) is 5.91 Å². The molecule has 0 spiro atoms. The number of benzene rings is 1. The van der Waals surface area contributed by atoms with E-state index in [0.717, 1.165) is 5.56 Å². The lowest BCUT2D eigenvalue weighted by molar-refractivity contribution is 0.0974. The maximum atomic E-state index is 10.9. The van der Waals surface area contributed by atoms with Crippen molar-refractivity contribution in [1.29, 1.82) is 0 Å². The van der Waals surface area contributed by atoms with Crippen LogP contribution in [0.25, 0.3) is 11.3 Å². The molecule has 1 aromatic heterocycles. The summed E-state index contributed by atoms with van der Waals surface area (Å²) in [7, 11) is 0. The van der Waals surface area contributed by atoms with Crippen molar-refractivity contribution in [1.82, 2.24) is 0 Å². The van der Waals surface area contributed by atoms with Gasteiger partial charge in [-0.1, -0.05) is 12.1 Å². The molecule has 2 aromatic rings. The molecule has 1 aromatic carbocycles. The van der Waals surface area contributed by atoms with Gasteiger partial charge < -0.3 is 10.2 Å². The Morgan fingerprint density at radius 3 is 2.44 bits per heavy atom. The van der Waals surface area contributed by atoms with Gasteiger partial charge in [0, 0.05) is 5.56 Å². The van der Waals surface area contributed by atoms with Crippen LogP contribution in [0.15, 0.2) is 34.7 Å². The zero-order chi connectivity index (χ0) is 11.7. The number of aryl methyl sites for hydroxylation is 2. The lowest BCUT2D eigenvalue weighted by Gasteiger charge is -2.02. The SMILES string of the molecule is Cc1ccc(-c2ccc(C(N)=O)o2)cc1C. The van der Waals surface area contributed by atoms with Gasteiger partial charge in [0.2, 0.25) is 0 Å². The van der Waals surface area contributed by atoms with Gasteiger partial charge in [0.05, 0.1) is 0 Å². The maximum absolute atomic E-state index is 10.9. The van der Waals surface area contributed by atoms with Gasteiger partial charge in [0.1, 0.15) is 5.76 Å². The Labute approximate surface area is 93.9 Å². The second kappa shape index (κ2) is 3.85. The first-order valence-corrected chi connectivity index (χ1v) is 5.05. The van der Waals surface area contributed by atoms with Crippen molar-refractivity contribution in [2.75, 3.05) is 0 Å². The number of rotatable bonds is 2. The standard InChI is InChI=1S/C13H13NO2/c1-8-3-4-10(7-9(8)2)11-5-6-12(16-11)13(14)15/h3-7H,1-2H3,(H2,14,15). The molecule has 2 rings (SSSR count). The molecule has 0 saturated carbocycles. The third-order valence-corrected chi connectivity index (χ3v) is 2.64. The monoisotopic (exact) mass is 215 g/mol. The fourth-order valence-electron chi connectivity index (χ4n) is 1.52. The van der Waals surface area contributed by atoms with E-state index in [-0.39, 0.29) is 5.76 Å². The van der Waals surface area contributed by atoms with Gasteiger partial charge in [-0.15, -0.1) is 0 Å². The fraction of sp³-hybridized carbons (Fsp3) is 0.154. The summed E-state index contributed by atoms with van der Waals surface area (Å²) in [5.41, 5.74) is 8.50. The Kier molecular flexibility index (Phi) is 2.52. The Hall–Kier alpha value is -2.03. The molecule has 0 fully saturated rings. The van der Waals surface area contributed by atoms with Crippen LogP contribution in [-0.4, -0.2) is 5.91 Å². The highest BCUT2D eigenvalue weighted by atomic mass is 16.3. The Morgan fingerprint density at radius 1 is 1.12 bits per heavy atom. The van der Waals surface area contributed by atoms with Crippen LogP contribution in [0.3, 0.4) is 0 Å².